The van der Waals surface area contributed by atoms with Gasteiger partial charge in [-0.25, -0.2) is 9.59 Å². The monoisotopic (exact) mass is 291 g/mol. The highest BCUT2D eigenvalue weighted by Gasteiger charge is 2.36. The molecule has 0 spiro atoms. The highest BCUT2D eigenvalue weighted by molar-refractivity contribution is 5.80. The smallest absolute Gasteiger partial charge is 0.411 e. The van der Waals surface area contributed by atoms with Crippen molar-refractivity contribution >= 4 is 12.1 Å². The zero-order valence-electron chi connectivity index (χ0n) is 12.7. The molecule has 7 nitrogen and oxygen atoms in total. The van der Waals surface area contributed by atoms with Crippen LogP contribution in [0.2, 0.25) is 0 Å². The van der Waals surface area contributed by atoms with Crippen molar-refractivity contribution < 1.29 is 29.6 Å². The van der Waals surface area contributed by atoms with E-state index >= 15 is 0 Å². The van der Waals surface area contributed by atoms with E-state index in [4.69, 9.17) is 9.84 Å². The van der Waals surface area contributed by atoms with E-state index in [1.807, 2.05) is 0 Å². The van der Waals surface area contributed by atoms with E-state index < -0.39 is 36.4 Å². The Balaban J connectivity index is 5.24. The Morgan fingerprint density at radius 3 is 2.05 bits per heavy atom. The van der Waals surface area contributed by atoms with Gasteiger partial charge < -0.3 is 20.1 Å². The van der Waals surface area contributed by atoms with Crippen LogP contribution in [-0.2, 0) is 9.53 Å². The molecule has 0 saturated heterocycles. The Kier molecular flexibility index (Phi) is 6.95. The van der Waals surface area contributed by atoms with Crippen molar-refractivity contribution in [2.45, 2.75) is 52.4 Å². The maximum absolute atomic E-state index is 12.1. The van der Waals surface area contributed by atoms with E-state index in [0.717, 1.165) is 4.90 Å². The molecule has 0 saturated carbocycles. The van der Waals surface area contributed by atoms with Crippen LogP contribution in [0, 0.1) is 5.92 Å². The summed E-state index contributed by atoms with van der Waals surface area (Å²) in [5.74, 6) is -1.55. The SMILES string of the molecule is CC(C)C(C(=O)O)N(CC(O)CO)C(=O)OC(C)(C)C. The van der Waals surface area contributed by atoms with Crippen molar-refractivity contribution in [3.05, 3.63) is 0 Å². The Labute approximate surface area is 119 Å². The quantitative estimate of drug-likeness (QED) is 0.664. The lowest BCUT2D eigenvalue weighted by Crippen LogP contribution is -2.52. The molecule has 7 heteroatoms. The average Bonchev–Trinajstić information content (AvgIpc) is 2.24. The highest BCUT2D eigenvalue weighted by atomic mass is 16.6. The Bertz CT molecular complexity index is 336. The van der Waals surface area contributed by atoms with Gasteiger partial charge in [0.25, 0.3) is 0 Å². The summed E-state index contributed by atoms with van der Waals surface area (Å²) in [6.45, 7) is 7.43. The number of rotatable bonds is 6. The molecule has 0 aliphatic rings. The first-order valence-corrected chi connectivity index (χ1v) is 6.51. The summed E-state index contributed by atoms with van der Waals surface area (Å²) in [4.78, 5) is 24.4. The van der Waals surface area contributed by atoms with Gasteiger partial charge in [-0.1, -0.05) is 13.8 Å². The lowest BCUT2D eigenvalue weighted by Gasteiger charge is -2.34. The number of aliphatic hydroxyl groups is 2. The summed E-state index contributed by atoms with van der Waals surface area (Å²) in [5.41, 5.74) is -0.778. The Morgan fingerprint density at radius 2 is 1.75 bits per heavy atom. The number of carboxylic acids is 1. The third-order valence-corrected chi connectivity index (χ3v) is 2.47. The van der Waals surface area contributed by atoms with Crippen molar-refractivity contribution in [1.82, 2.24) is 4.90 Å². The third-order valence-electron chi connectivity index (χ3n) is 2.47. The number of ether oxygens (including phenoxy) is 1. The summed E-state index contributed by atoms with van der Waals surface area (Å²) in [5, 5.41) is 27.6. The van der Waals surface area contributed by atoms with Crippen LogP contribution in [0.15, 0.2) is 0 Å². The summed E-state index contributed by atoms with van der Waals surface area (Å²) in [7, 11) is 0. The molecule has 0 heterocycles. The van der Waals surface area contributed by atoms with Crippen molar-refractivity contribution in [3.63, 3.8) is 0 Å². The number of hydrogen-bond acceptors (Lipinski definition) is 5. The van der Waals surface area contributed by atoms with E-state index in [-0.39, 0.29) is 12.5 Å². The second-order valence-electron chi connectivity index (χ2n) is 6.00. The standard InChI is InChI=1S/C13H25NO6/c1-8(2)10(11(17)18)14(6-9(16)7-15)12(19)20-13(3,4)5/h8-10,15-16H,6-7H2,1-5H3,(H,17,18). The number of nitrogens with zero attached hydrogens (tertiary/aromatic N) is 1. The second-order valence-corrected chi connectivity index (χ2v) is 6.00. The molecule has 0 radical (unpaired) electrons. The van der Waals surface area contributed by atoms with E-state index in [1.165, 1.54) is 0 Å². The van der Waals surface area contributed by atoms with Crippen LogP contribution in [0.3, 0.4) is 0 Å². The molecular formula is C13H25NO6. The molecule has 0 aromatic carbocycles. The number of hydrogen-bond donors (Lipinski definition) is 3. The number of carboxylic acid groups (broad SMARTS) is 1. The molecule has 0 aliphatic heterocycles. The molecule has 0 aromatic heterocycles. The van der Waals surface area contributed by atoms with Gasteiger partial charge in [-0.15, -0.1) is 0 Å². The summed E-state index contributed by atoms with van der Waals surface area (Å²) in [6.07, 6.45) is -2.05. The zero-order valence-corrected chi connectivity index (χ0v) is 12.7. The van der Waals surface area contributed by atoms with E-state index in [9.17, 15) is 19.8 Å². The summed E-state index contributed by atoms with van der Waals surface area (Å²) in [6, 6.07) is -1.13. The maximum Gasteiger partial charge on any atom is 0.411 e. The van der Waals surface area contributed by atoms with Gasteiger partial charge in [-0.2, -0.15) is 0 Å². The molecule has 2 unspecified atom stereocenters. The fourth-order valence-corrected chi connectivity index (χ4v) is 1.69. The second kappa shape index (κ2) is 7.44. The Morgan fingerprint density at radius 1 is 1.25 bits per heavy atom. The van der Waals surface area contributed by atoms with Gasteiger partial charge in [-0.3, -0.25) is 4.90 Å². The lowest BCUT2D eigenvalue weighted by atomic mass is 10.0. The maximum atomic E-state index is 12.1. The normalized spacial score (nSPS) is 14.8. The van der Waals surface area contributed by atoms with E-state index in [1.54, 1.807) is 34.6 Å². The number of carbonyl (C=O) groups excluding carboxylic acids is 1. The van der Waals surface area contributed by atoms with Crippen LogP contribution in [0.1, 0.15) is 34.6 Å². The molecule has 0 fully saturated rings. The van der Waals surface area contributed by atoms with Crippen LogP contribution >= 0.6 is 0 Å². The molecule has 118 valence electrons. The van der Waals surface area contributed by atoms with Gasteiger partial charge in [0.1, 0.15) is 11.6 Å². The zero-order chi connectivity index (χ0) is 16.1. The van der Waals surface area contributed by atoms with Gasteiger partial charge in [0.15, 0.2) is 0 Å². The van der Waals surface area contributed by atoms with Gasteiger partial charge in [0.05, 0.1) is 19.3 Å². The molecule has 0 aliphatic carbocycles. The molecule has 0 rings (SSSR count). The van der Waals surface area contributed by atoms with Crippen molar-refractivity contribution in [1.29, 1.82) is 0 Å². The average molecular weight is 291 g/mol. The first kappa shape index (κ1) is 18.7. The molecule has 0 aromatic rings. The minimum Gasteiger partial charge on any atom is -0.480 e. The van der Waals surface area contributed by atoms with Gasteiger partial charge in [-0.05, 0) is 26.7 Å². The van der Waals surface area contributed by atoms with Crippen molar-refractivity contribution in [2.24, 2.45) is 5.92 Å². The predicted octanol–water partition coefficient (Wildman–Crippen LogP) is 0.686. The fraction of sp³-hybridized carbons (Fsp3) is 0.846. The Hall–Kier alpha value is -1.34. The summed E-state index contributed by atoms with van der Waals surface area (Å²) >= 11 is 0. The molecule has 2 atom stereocenters. The van der Waals surface area contributed by atoms with Gasteiger partial charge in [0, 0.05) is 0 Å². The molecule has 0 bridgehead atoms. The first-order valence-electron chi connectivity index (χ1n) is 6.51. The molecule has 1 amide bonds. The van der Waals surface area contributed by atoms with Crippen molar-refractivity contribution in [2.75, 3.05) is 13.2 Å². The highest BCUT2D eigenvalue weighted by Crippen LogP contribution is 2.17. The van der Waals surface area contributed by atoms with E-state index in [0.29, 0.717) is 0 Å². The summed E-state index contributed by atoms with van der Waals surface area (Å²) < 4.78 is 5.16. The van der Waals surface area contributed by atoms with Crippen LogP contribution in [0.5, 0.6) is 0 Å². The third kappa shape index (κ3) is 6.21. The lowest BCUT2D eigenvalue weighted by molar-refractivity contribution is -0.145. The number of carbonyl (C=O) groups is 2. The molecule has 20 heavy (non-hydrogen) atoms. The van der Waals surface area contributed by atoms with E-state index in [2.05, 4.69) is 0 Å². The van der Waals surface area contributed by atoms with Gasteiger partial charge in [0.2, 0.25) is 0 Å². The minimum atomic E-state index is -1.22. The van der Waals surface area contributed by atoms with Crippen molar-refractivity contribution in [3.8, 4) is 0 Å². The topological polar surface area (TPSA) is 107 Å². The molecule has 3 N–H and O–H groups in total. The number of amides is 1. The first-order chi connectivity index (χ1) is 8.99. The number of aliphatic hydroxyl groups excluding tert-OH is 2. The number of aliphatic carboxylic acids is 1. The van der Waals surface area contributed by atoms with Crippen LogP contribution in [-0.4, -0.2) is 63.2 Å². The predicted molar refractivity (Wildman–Crippen MR) is 72.3 cm³/mol. The molecular weight excluding hydrogens is 266 g/mol. The van der Waals surface area contributed by atoms with Gasteiger partial charge >= 0.3 is 12.1 Å². The largest absolute Gasteiger partial charge is 0.480 e. The minimum absolute atomic E-state index is 0.305. The fourth-order valence-electron chi connectivity index (χ4n) is 1.69. The van der Waals surface area contributed by atoms with Crippen LogP contribution < -0.4 is 0 Å². The van der Waals surface area contributed by atoms with Crippen LogP contribution in [0.25, 0.3) is 0 Å². The van der Waals surface area contributed by atoms with Crippen LogP contribution in [0.4, 0.5) is 4.79 Å².